The standard InChI is InChI=1S/C22H26ClFN2O2/c1-16-5-7-17(8-6-16)20(27)26(19-11-9-18(24)10-12-19)14-4-13-25-21(28)22(2,3)15-23/h5-12H,4,13-15H2,1-3H3,(H,25,28). The summed E-state index contributed by atoms with van der Waals surface area (Å²) in [4.78, 5) is 26.7. The molecule has 150 valence electrons. The van der Waals surface area contributed by atoms with Crippen LogP contribution in [-0.4, -0.2) is 30.8 Å². The summed E-state index contributed by atoms with van der Waals surface area (Å²) in [6.07, 6.45) is 0.555. The van der Waals surface area contributed by atoms with Gasteiger partial charge in [-0.15, -0.1) is 11.6 Å². The van der Waals surface area contributed by atoms with Crippen molar-refractivity contribution in [3.05, 3.63) is 65.5 Å². The number of hydrogen-bond acceptors (Lipinski definition) is 2. The van der Waals surface area contributed by atoms with Gasteiger partial charge in [0.1, 0.15) is 5.82 Å². The first-order valence-electron chi connectivity index (χ1n) is 9.23. The summed E-state index contributed by atoms with van der Waals surface area (Å²) in [6.45, 7) is 6.32. The zero-order valence-electron chi connectivity index (χ0n) is 16.5. The minimum absolute atomic E-state index is 0.124. The summed E-state index contributed by atoms with van der Waals surface area (Å²) >= 11 is 5.82. The molecule has 0 unspecified atom stereocenters. The Balaban J connectivity index is 2.09. The van der Waals surface area contributed by atoms with E-state index in [1.807, 2.05) is 19.1 Å². The lowest BCUT2D eigenvalue weighted by atomic mass is 9.95. The zero-order valence-corrected chi connectivity index (χ0v) is 17.2. The number of hydrogen-bond donors (Lipinski definition) is 1. The largest absolute Gasteiger partial charge is 0.356 e. The second-order valence-corrected chi connectivity index (χ2v) is 7.69. The Morgan fingerprint density at radius 1 is 1.07 bits per heavy atom. The van der Waals surface area contributed by atoms with E-state index in [0.29, 0.717) is 30.8 Å². The van der Waals surface area contributed by atoms with Crippen LogP contribution in [0.4, 0.5) is 10.1 Å². The van der Waals surface area contributed by atoms with Gasteiger partial charge >= 0.3 is 0 Å². The van der Waals surface area contributed by atoms with E-state index in [-0.39, 0.29) is 23.5 Å². The highest BCUT2D eigenvalue weighted by Gasteiger charge is 2.26. The van der Waals surface area contributed by atoms with Crippen LogP contribution in [0.25, 0.3) is 0 Å². The van der Waals surface area contributed by atoms with Crippen LogP contribution in [0.15, 0.2) is 48.5 Å². The predicted molar refractivity (Wildman–Crippen MR) is 111 cm³/mol. The number of alkyl halides is 1. The summed E-state index contributed by atoms with van der Waals surface area (Å²) in [5, 5.41) is 2.85. The van der Waals surface area contributed by atoms with E-state index in [1.54, 1.807) is 43.0 Å². The van der Waals surface area contributed by atoms with Crippen molar-refractivity contribution in [2.75, 3.05) is 23.9 Å². The molecule has 0 saturated heterocycles. The van der Waals surface area contributed by atoms with Crippen LogP contribution in [0.1, 0.15) is 36.2 Å². The van der Waals surface area contributed by atoms with Crippen molar-refractivity contribution in [1.29, 1.82) is 0 Å². The average Bonchev–Trinajstić information content (AvgIpc) is 2.69. The molecule has 0 saturated carbocycles. The van der Waals surface area contributed by atoms with E-state index in [0.717, 1.165) is 5.56 Å². The van der Waals surface area contributed by atoms with Crippen LogP contribution in [0.5, 0.6) is 0 Å². The van der Waals surface area contributed by atoms with Gasteiger partial charge in [-0.05, 0) is 63.6 Å². The molecule has 2 amide bonds. The van der Waals surface area contributed by atoms with Crippen LogP contribution in [0.2, 0.25) is 0 Å². The number of carbonyl (C=O) groups excluding carboxylic acids is 2. The zero-order chi connectivity index (χ0) is 20.7. The number of carbonyl (C=O) groups is 2. The highest BCUT2D eigenvalue weighted by molar-refractivity contribution is 6.19. The Morgan fingerprint density at radius 2 is 1.68 bits per heavy atom. The maximum Gasteiger partial charge on any atom is 0.258 e. The van der Waals surface area contributed by atoms with Crippen LogP contribution in [0.3, 0.4) is 0 Å². The topological polar surface area (TPSA) is 49.4 Å². The molecule has 0 bridgehead atoms. The summed E-state index contributed by atoms with van der Waals surface area (Å²) in [6, 6.07) is 13.1. The predicted octanol–water partition coefficient (Wildman–Crippen LogP) is 4.55. The molecule has 0 aliphatic carbocycles. The minimum atomic E-state index is -0.643. The lowest BCUT2D eigenvalue weighted by Crippen LogP contribution is -2.40. The SMILES string of the molecule is Cc1ccc(C(=O)N(CCCNC(=O)C(C)(C)CCl)c2ccc(F)cc2)cc1. The highest BCUT2D eigenvalue weighted by Crippen LogP contribution is 2.19. The molecule has 28 heavy (non-hydrogen) atoms. The maximum absolute atomic E-state index is 13.3. The molecule has 1 N–H and O–H groups in total. The minimum Gasteiger partial charge on any atom is -0.356 e. The summed E-state index contributed by atoms with van der Waals surface area (Å²) in [7, 11) is 0. The molecular weight excluding hydrogens is 379 g/mol. The molecular formula is C22H26ClFN2O2. The molecule has 6 heteroatoms. The number of halogens is 2. The molecule has 0 radical (unpaired) electrons. The van der Waals surface area contributed by atoms with Crippen molar-refractivity contribution < 1.29 is 14.0 Å². The molecule has 2 rings (SSSR count). The molecule has 0 aliphatic heterocycles. The number of amides is 2. The van der Waals surface area contributed by atoms with Crippen molar-refractivity contribution in [2.24, 2.45) is 5.41 Å². The van der Waals surface area contributed by atoms with Gasteiger partial charge < -0.3 is 10.2 Å². The van der Waals surface area contributed by atoms with Gasteiger partial charge in [-0.1, -0.05) is 17.7 Å². The first kappa shape index (κ1) is 21.9. The van der Waals surface area contributed by atoms with Crippen molar-refractivity contribution >= 4 is 29.1 Å². The molecule has 0 aromatic heterocycles. The van der Waals surface area contributed by atoms with Crippen molar-refractivity contribution in [3.8, 4) is 0 Å². The smallest absolute Gasteiger partial charge is 0.258 e. The van der Waals surface area contributed by atoms with Gasteiger partial charge in [0.15, 0.2) is 0 Å². The van der Waals surface area contributed by atoms with Gasteiger partial charge in [0.25, 0.3) is 5.91 Å². The lowest BCUT2D eigenvalue weighted by Gasteiger charge is -2.24. The first-order valence-corrected chi connectivity index (χ1v) is 9.76. The highest BCUT2D eigenvalue weighted by atomic mass is 35.5. The van der Waals surface area contributed by atoms with Crippen LogP contribution in [-0.2, 0) is 4.79 Å². The van der Waals surface area contributed by atoms with Crippen molar-refractivity contribution in [3.63, 3.8) is 0 Å². The Bertz CT molecular complexity index is 804. The van der Waals surface area contributed by atoms with E-state index in [4.69, 9.17) is 11.6 Å². The van der Waals surface area contributed by atoms with Gasteiger partial charge in [0.2, 0.25) is 5.91 Å². The number of nitrogens with zero attached hydrogens (tertiary/aromatic N) is 1. The average molecular weight is 405 g/mol. The van der Waals surface area contributed by atoms with E-state index in [9.17, 15) is 14.0 Å². The van der Waals surface area contributed by atoms with Crippen molar-refractivity contribution in [2.45, 2.75) is 27.2 Å². The molecule has 0 spiro atoms. The normalized spacial score (nSPS) is 11.2. The maximum atomic E-state index is 13.3. The number of benzene rings is 2. The van der Waals surface area contributed by atoms with Gasteiger partial charge in [-0.3, -0.25) is 9.59 Å². The van der Waals surface area contributed by atoms with Crippen LogP contribution < -0.4 is 10.2 Å². The van der Waals surface area contributed by atoms with Gasteiger partial charge in [-0.25, -0.2) is 4.39 Å². The summed E-state index contributed by atoms with van der Waals surface area (Å²) in [5.74, 6) is -0.423. The quantitative estimate of drug-likeness (QED) is 0.518. The lowest BCUT2D eigenvalue weighted by molar-refractivity contribution is -0.128. The molecule has 2 aromatic rings. The van der Waals surface area contributed by atoms with E-state index < -0.39 is 5.41 Å². The molecule has 0 heterocycles. The van der Waals surface area contributed by atoms with E-state index in [1.165, 1.54) is 12.1 Å². The van der Waals surface area contributed by atoms with E-state index in [2.05, 4.69) is 5.32 Å². The number of rotatable bonds is 8. The third-order valence-electron chi connectivity index (χ3n) is 4.47. The molecule has 4 nitrogen and oxygen atoms in total. The van der Waals surface area contributed by atoms with E-state index >= 15 is 0 Å². The van der Waals surface area contributed by atoms with Crippen molar-refractivity contribution in [1.82, 2.24) is 5.32 Å². The number of aryl methyl sites for hydroxylation is 1. The van der Waals surface area contributed by atoms with Crippen LogP contribution in [0, 0.1) is 18.2 Å². The Kier molecular flexibility index (Phi) is 7.58. The summed E-state index contributed by atoms with van der Waals surface area (Å²) in [5.41, 5.74) is 1.59. The third-order valence-corrected chi connectivity index (χ3v) is 5.14. The second-order valence-electron chi connectivity index (χ2n) is 7.43. The first-order chi connectivity index (χ1) is 13.2. The molecule has 0 atom stereocenters. The second kappa shape index (κ2) is 9.69. The fraction of sp³-hybridized carbons (Fsp3) is 0.364. The fourth-order valence-electron chi connectivity index (χ4n) is 2.56. The monoisotopic (exact) mass is 404 g/mol. The van der Waals surface area contributed by atoms with Gasteiger partial charge in [0, 0.05) is 30.2 Å². The van der Waals surface area contributed by atoms with Gasteiger partial charge in [0.05, 0.1) is 5.41 Å². The Hall–Kier alpha value is -2.40. The fourth-order valence-corrected chi connectivity index (χ4v) is 2.68. The molecule has 0 aliphatic rings. The third kappa shape index (κ3) is 5.80. The number of anilines is 1. The van der Waals surface area contributed by atoms with Crippen LogP contribution >= 0.6 is 11.6 Å². The molecule has 0 fully saturated rings. The Morgan fingerprint density at radius 3 is 2.25 bits per heavy atom. The van der Waals surface area contributed by atoms with Gasteiger partial charge in [-0.2, -0.15) is 0 Å². The Labute approximate surface area is 170 Å². The number of nitrogens with one attached hydrogen (secondary N) is 1. The summed E-state index contributed by atoms with van der Waals surface area (Å²) < 4.78 is 13.3. The molecule has 2 aromatic carbocycles.